The van der Waals surface area contributed by atoms with E-state index >= 15 is 0 Å². The van der Waals surface area contributed by atoms with Crippen molar-refractivity contribution in [2.45, 2.75) is 12.6 Å². The zero-order valence-corrected chi connectivity index (χ0v) is 17.4. The van der Waals surface area contributed by atoms with Crippen LogP contribution in [0.15, 0.2) is 36.5 Å². The number of aromatic nitrogens is 4. The second-order valence-corrected chi connectivity index (χ2v) is 7.46. The van der Waals surface area contributed by atoms with Crippen LogP contribution in [-0.2, 0) is 11.3 Å². The van der Waals surface area contributed by atoms with Crippen molar-refractivity contribution in [2.24, 2.45) is 0 Å². The van der Waals surface area contributed by atoms with E-state index in [-0.39, 0.29) is 11.9 Å². The van der Waals surface area contributed by atoms with Gasteiger partial charge in [0.15, 0.2) is 5.82 Å². The van der Waals surface area contributed by atoms with Gasteiger partial charge in [-0.05, 0) is 18.2 Å². The molecule has 1 aromatic carbocycles. The Kier molecular flexibility index (Phi) is 5.06. The number of ether oxygens (including phenoxy) is 3. The molecule has 0 radical (unpaired) electrons. The van der Waals surface area contributed by atoms with Gasteiger partial charge in [-0.1, -0.05) is 0 Å². The van der Waals surface area contributed by atoms with Gasteiger partial charge >= 0.3 is 0 Å². The van der Waals surface area contributed by atoms with Gasteiger partial charge in [0.1, 0.15) is 24.8 Å². The first-order valence-corrected chi connectivity index (χ1v) is 10.1. The van der Waals surface area contributed by atoms with E-state index in [0.717, 1.165) is 37.0 Å². The van der Waals surface area contributed by atoms with Gasteiger partial charge in [0, 0.05) is 32.3 Å². The molecule has 0 spiro atoms. The van der Waals surface area contributed by atoms with Crippen molar-refractivity contribution in [1.82, 2.24) is 19.7 Å². The molecule has 0 atom stereocenters. The van der Waals surface area contributed by atoms with Crippen LogP contribution in [0.2, 0.25) is 0 Å². The van der Waals surface area contributed by atoms with E-state index in [4.69, 9.17) is 14.2 Å². The summed E-state index contributed by atoms with van der Waals surface area (Å²) in [5, 5.41) is 8.74. The van der Waals surface area contributed by atoms with Gasteiger partial charge in [0.2, 0.25) is 11.8 Å². The summed E-state index contributed by atoms with van der Waals surface area (Å²) in [6.07, 6.45) is 1.73. The zero-order chi connectivity index (χ0) is 21.4. The lowest BCUT2D eigenvalue weighted by molar-refractivity contribution is 0.176. The molecule has 3 aromatic rings. The van der Waals surface area contributed by atoms with E-state index in [1.165, 1.54) is 12.1 Å². The van der Waals surface area contributed by atoms with E-state index < -0.39 is 0 Å². The molecule has 31 heavy (non-hydrogen) atoms. The number of fused-ring (bicyclic) bond motifs is 1. The van der Waals surface area contributed by atoms with Crippen LogP contribution < -0.4 is 19.3 Å². The van der Waals surface area contributed by atoms with Gasteiger partial charge in [-0.25, -0.2) is 9.37 Å². The highest BCUT2D eigenvalue weighted by molar-refractivity contribution is 5.62. The Morgan fingerprint density at radius 3 is 2.77 bits per heavy atom. The maximum Gasteiger partial charge on any atom is 0.232 e. The summed E-state index contributed by atoms with van der Waals surface area (Å²) in [5.41, 5.74) is 1.77. The van der Waals surface area contributed by atoms with Crippen LogP contribution in [0, 0.1) is 5.82 Å². The van der Waals surface area contributed by atoms with E-state index in [1.807, 2.05) is 10.6 Å². The minimum absolute atomic E-state index is 0.276. The molecule has 0 N–H and O–H groups in total. The maximum absolute atomic E-state index is 13.6. The van der Waals surface area contributed by atoms with Gasteiger partial charge in [-0.15, -0.1) is 10.2 Å². The predicted octanol–water partition coefficient (Wildman–Crippen LogP) is 2.04. The summed E-state index contributed by atoms with van der Waals surface area (Å²) in [6.45, 7) is 3.18. The summed E-state index contributed by atoms with van der Waals surface area (Å²) >= 11 is 0. The predicted molar refractivity (Wildman–Crippen MR) is 112 cm³/mol. The second-order valence-electron chi connectivity index (χ2n) is 7.46. The van der Waals surface area contributed by atoms with Crippen LogP contribution in [-0.4, -0.2) is 66.3 Å². The lowest BCUT2D eigenvalue weighted by Gasteiger charge is -2.48. The maximum atomic E-state index is 13.6. The minimum Gasteiger partial charge on any atom is -0.489 e. The van der Waals surface area contributed by atoms with Crippen molar-refractivity contribution in [3.8, 4) is 17.3 Å². The van der Waals surface area contributed by atoms with E-state index in [1.54, 1.807) is 32.5 Å². The number of halogens is 1. The highest BCUT2D eigenvalue weighted by Gasteiger charge is 2.37. The molecular weight excluding hydrogens is 403 g/mol. The van der Waals surface area contributed by atoms with Crippen LogP contribution in [0.3, 0.4) is 0 Å². The topological polar surface area (TPSA) is 77.8 Å². The number of methoxy groups -OCH3 is 2. The summed E-state index contributed by atoms with van der Waals surface area (Å²) in [7, 11) is 3.21. The van der Waals surface area contributed by atoms with Crippen LogP contribution in [0.1, 0.15) is 5.82 Å². The smallest absolute Gasteiger partial charge is 0.232 e. The number of benzene rings is 1. The molecule has 162 valence electrons. The fraction of sp³-hybridized carbons (Fsp3) is 0.381. The molecule has 0 aliphatic carbocycles. The Morgan fingerprint density at radius 2 is 2.03 bits per heavy atom. The van der Waals surface area contributed by atoms with Crippen molar-refractivity contribution >= 4 is 11.6 Å². The molecule has 0 unspecified atom stereocenters. The van der Waals surface area contributed by atoms with Gasteiger partial charge in [-0.3, -0.25) is 4.57 Å². The quantitative estimate of drug-likeness (QED) is 0.593. The first-order valence-electron chi connectivity index (χ1n) is 10.1. The first-order chi connectivity index (χ1) is 15.2. The molecule has 0 bridgehead atoms. The average Bonchev–Trinajstić information content (AvgIpc) is 3.16. The fourth-order valence-electron chi connectivity index (χ4n) is 4.03. The average molecular weight is 426 g/mol. The number of anilines is 2. The lowest BCUT2D eigenvalue weighted by atomic mass is 10.1. The monoisotopic (exact) mass is 426 g/mol. The molecule has 10 heteroatoms. The van der Waals surface area contributed by atoms with Crippen LogP contribution in [0.4, 0.5) is 16.0 Å². The number of pyridine rings is 1. The van der Waals surface area contributed by atoms with E-state index in [2.05, 4.69) is 25.0 Å². The van der Waals surface area contributed by atoms with Gasteiger partial charge in [0.05, 0.1) is 37.3 Å². The van der Waals surface area contributed by atoms with Crippen molar-refractivity contribution < 1.29 is 18.6 Å². The molecular formula is C21H23FN6O3. The summed E-state index contributed by atoms with van der Waals surface area (Å²) in [4.78, 5) is 8.75. The van der Waals surface area contributed by atoms with E-state index in [0.29, 0.717) is 30.7 Å². The summed E-state index contributed by atoms with van der Waals surface area (Å²) < 4.78 is 31.6. The van der Waals surface area contributed by atoms with Crippen LogP contribution >= 0.6 is 0 Å². The largest absolute Gasteiger partial charge is 0.489 e. The van der Waals surface area contributed by atoms with Gasteiger partial charge < -0.3 is 24.0 Å². The molecule has 4 heterocycles. The fourth-order valence-corrected chi connectivity index (χ4v) is 4.03. The molecule has 9 nitrogen and oxygen atoms in total. The summed E-state index contributed by atoms with van der Waals surface area (Å²) in [5.74, 6) is 2.28. The third kappa shape index (κ3) is 3.52. The van der Waals surface area contributed by atoms with Gasteiger partial charge in [0.25, 0.3) is 0 Å². The van der Waals surface area contributed by atoms with Crippen molar-refractivity contribution in [2.75, 3.05) is 50.3 Å². The highest BCUT2D eigenvalue weighted by atomic mass is 19.1. The normalized spacial score (nSPS) is 16.0. The Labute approximate surface area is 179 Å². The van der Waals surface area contributed by atoms with Crippen LogP contribution in [0.5, 0.6) is 11.6 Å². The number of nitrogens with zero attached hydrogens (tertiary/aromatic N) is 6. The Hall–Kier alpha value is -3.40. The Bertz CT molecular complexity index is 1070. The van der Waals surface area contributed by atoms with Crippen molar-refractivity contribution in [1.29, 1.82) is 0 Å². The molecule has 2 aliphatic heterocycles. The first kappa shape index (κ1) is 19.6. The number of rotatable bonds is 6. The van der Waals surface area contributed by atoms with E-state index in [9.17, 15) is 4.39 Å². The summed E-state index contributed by atoms with van der Waals surface area (Å²) in [6, 6.07) is 8.71. The molecule has 1 fully saturated rings. The Balaban J connectivity index is 1.38. The molecule has 5 rings (SSSR count). The molecule has 0 saturated carbocycles. The molecule has 2 aromatic heterocycles. The molecule has 2 aliphatic rings. The third-order valence-corrected chi connectivity index (χ3v) is 5.58. The van der Waals surface area contributed by atoms with Gasteiger partial charge in [-0.2, -0.15) is 0 Å². The standard InChI is InChI=1S/C21H23FN6O3/c1-29-13-19-24-25-21(28(19)15-4-6-20(30-2)23-10-15)26-11-16(12-26)27-7-8-31-18-9-14(22)3-5-17(18)27/h3-6,9-10,16H,7-8,11-13H2,1-2H3. The van der Waals surface area contributed by atoms with Crippen molar-refractivity contribution in [3.63, 3.8) is 0 Å². The zero-order valence-electron chi connectivity index (χ0n) is 17.4. The Morgan fingerprint density at radius 1 is 1.16 bits per heavy atom. The SMILES string of the molecule is COCc1nnc(N2CC(N3CCOc4cc(F)ccc43)C2)n1-c1ccc(OC)nc1. The lowest BCUT2D eigenvalue weighted by Crippen LogP contribution is -2.61. The highest BCUT2D eigenvalue weighted by Crippen LogP contribution is 2.36. The van der Waals surface area contributed by atoms with Crippen molar-refractivity contribution in [3.05, 3.63) is 48.2 Å². The molecule has 0 amide bonds. The third-order valence-electron chi connectivity index (χ3n) is 5.58. The second kappa shape index (κ2) is 8.03. The molecule has 1 saturated heterocycles. The number of hydrogen-bond donors (Lipinski definition) is 0. The minimum atomic E-state index is -0.289. The van der Waals surface area contributed by atoms with Crippen LogP contribution in [0.25, 0.3) is 5.69 Å². The number of hydrogen-bond acceptors (Lipinski definition) is 8.